The molecule has 0 bridgehead atoms. The lowest BCUT2D eigenvalue weighted by Crippen LogP contribution is -2.44. The van der Waals surface area contributed by atoms with Crippen molar-refractivity contribution in [2.45, 2.75) is 35.9 Å². The number of hydrogen-bond acceptors (Lipinski definition) is 11. The predicted octanol–water partition coefficient (Wildman–Crippen LogP) is 6.13. The van der Waals surface area contributed by atoms with Crippen LogP contribution in [0.5, 0.6) is 17.2 Å². The van der Waals surface area contributed by atoms with E-state index >= 15 is 0 Å². The van der Waals surface area contributed by atoms with Gasteiger partial charge < -0.3 is 34.0 Å². The summed E-state index contributed by atoms with van der Waals surface area (Å²) in [6, 6.07) is 30.5. The smallest absolute Gasteiger partial charge is 0.415 e. The zero-order valence-corrected chi connectivity index (χ0v) is 28.8. The van der Waals surface area contributed by atoms with Gasteiger partial charge in [-0.15, -0.1) is 0 Å². The number of non-ortho nitro benzene ring substituents is 1. The lowest BCUT2D eigenvalue weighted by atomic mass is 9.76. The first-order valence-corrected chi connectivity index (χ1v) is 18.0. The van der Waals surface area contributed by atoms with Crippen molar-refractivity contribution in [2.75, 3.05) is 18.5 Å². The van der Waals surface area contributed by atoms with Gasteiger partial charge in [0.1, 0.15) is 48.2 Å². The number of nitrogens with zero attached hydrogens (tertiary/aromatic N) is 1. The van der Waals surface area contributed by atoms with Crippen LogP contribution in [0.4, 0.5) is 16.2 Å². The maximum Gasteiger partial charge on any atom is 0.415 e. The number of benzene rings is 5. The molecule has 4 heterocycles. The molecule has 5 aromatic carbocycles. The molecule has 3 aliphatic heterocycles. The number of hydrogen-bond donors (Lipinski definition) is 2. The Morgan fingerprint density at radius 1 is 0.818 bits per heavy atom. The van der Waals surface area contributed by atoms with Crippen molar-refractivity contribution in [1.29, 1.82) is 0 Å². The number of anilines is 1. The third-order valence-corrected chi connectivity index (χ3v) is 12.0. The molecule has 3 fully saturated rings. The van der Waals surface area contributed by atoms with Crippen LogP contribution in [-0.2, 0) is 21.4 Å². The Morgan fingerprint density at radius 2 is 1.62 bits per heavy atom. The number of nitro benzene ring substituents is 1. The van der Waals surface area contributed by atoms with Gasteiger partial charge in [0.15, 0.2) is 0 Å². The van der Waals surface area contributed by atoms with E-state index in [0.29, 0.717) is 40.2 Å². The van der Waals surface area contributed by atoms with Crippen molar-refractivity contribution in [3.8, 4) is 17.2 Å². The van der Waals surface area contributed by atoms with Crippen LogP contribution in [0.25, 0.3) is 21.7 Å². The van der Waals surface area contributed by atoms with E-state index in [1.54, 1.807) is 30.3 Å². The summed E-state index contributed by atoms with van der Waals surface area (Å²) in [5.74, 6) is 0.726. The molecule has 0 radical (unpaired) electrons. The largest absolute Gasteiger partial charge is 0.490 e. The number of esters is 1. The molecule has 11 rings (SSSR count). The van der Waals surface area contributed by atoms with E-state index in [-0.39, 0.29) is 36.0 Å². The van der Waals surface area contributed by atoms with Gasteiger partial charge in [0.25, 0.3) is 5.69 Å². The molecule has 1 saturated heterocycles. The Kier molecular flexibility index (Phi) is 6.37. The molecule has 55 heavy (non-hydrogen) atoms. The second kappa shape index (κ2) is 11.1. The summed E-state index contributed by atoms with van der Waals surface area (Å²) in [7, 11) is 0. The average Bonchev–Trinajstić information content (AvgIpc) is 3.96. The Labute approximate surface area is 310 Å². The van der Waals surface area contributed by atoms with Crippen LogP contribution in [-0.4, -0.2) is 48.4 Å². The Bertz CT molecular complexity index is 2750. The second-order valence-corrected chi connectivity index (χ2v) is 14.6. The van der Waals surface area contributed by atoms with Crippen LogP contribution in [0.15, 0.2) is 112 Å². The van der Waals surface area contributed by atoms with E-state index in [1.807, 2.05) is 66.7 Å². The Hall–Kier alpha value is -6.89. The van der Waals surface area contributed by atoms with Crippen LogP contribution in [0.3, 0.4) is 0 Å². The van der Waals surface area contributed by atoms with E-state index < -0.39 is 40.5 Å². The number of alkyl carbamates (subject to hydrolysis) is 1. The van der Waals surface area contributed by atoms with Crippen LogP contribution >= 0.6 is 0 Å². The van der Waals surface area contributed by atoms with Gasteiger partial charge in [-0.1, -0.05) is 42.5 Å². The van der Waals surface area contributed by atoms with Gasteiger partial charge >= 0.3 is 17.7 Å². The van der Waals surface area contributed by atoms with E-state index in [2.05, 4.69) is 15.4 Å². The number of para-hydroxylation sites is 1. The molecule has 1 aromatic heterocycles. The standard InChI is InChI=1S/C42H29N3O10/c46-36-31(44-40(48)55-36)18-21-8-12-24(13-9-21)51-16-17-52-25-14-15-30-28(20-25)34-33-35(26-5-1-2-7-32(26)53-37(33)47)54-39-41(38(43-30)42(34,39)41)29-6-3-4-22-10-11-23(45(49)50)19-27(22)29/h1-15,19-20,31,34,38-39,43H,16-18H2,(H,44,48)/t31-,34+,38?,39?,41?,42-/m0/s1. The Balaban J connectivity index is 0.910. The highest BCUT2D eigenvalue weighted by atomic mass is 16.6. The van der Waals surface area contributed by atoms with Crippen molar-refractivity contribution in [2.24, 2.45) is 5.41 Å². The Morgan fingerprint density at radius 3 is 2.42 bits per heavy atom. The molecule has 5 aliphatic rings. The van der Waals surface area contributed by atoms with Gasteiger partial charge in [-0.3, -0.25) is 10.1 Å². The number of fused-ring (bicyclic) bond motifs is 9. The molecule has 2 N–H and O–H groups in total. The second-order valence-electron chi connectivity index (χ2n) is 14.6. The minimum Gasteiger partial charge on any atom is -0.490 e. The van der Waals surface area contributed by atoms with Crippen LogP contribution < -0.4 is 30.5 Å². The number of carbonyl (C=O) groups excluding carboxylic acids is 2. The summed E-state index contributed by atoms with van der Waals surface area (Å²) in [5.41, 5.74) is 2.88. The van der Waals surface area contributed by atoms with Crippen molar-refractivity contribution in [1.82, 2.24) is 5.32 Å². The number of rotatable bonds is 9. The first-order valence-electron chi connectivity index (χ1n) is 18.0. The van der Waals surface area contributed by atoms with Crippen molar-refractivity contribution < 1.29 is 37.9 Å². The number of nitro groups is 1. The zero-order valence-electron chi connectivity index (χ0n) is 28.8. The first kappa shape index (κ1) is 31.6. The number of ether oxygens (including phenoxy) is 4. The molecule has 6 aromatic rings. The number of amides is 1. The molecule has 1 amide bonds. The van der Waals surface area contributed by atoms with E-state index in [0.717, 1.165) is 33.2 Å². The number of nitrogens with one attached hydrogen (secondary N) is 2. The summed E-state index contributed by atoms with van der Waals surface area (Å²) in [4.78, 5) is 48.6. The van der Waals surface area contributed by atoms with Crippen molar-refractivity contribution >= 4 is 45.2 Å². The lowest BCUT2D eigenvalue weighted by molar-refractivity contribution is -0.384. The minimum atomic E-state index is -0.737. The maximum absolute atomic E-state index is 14.0. The molecular weight excluding hydrogens is 706 g/mol. The average molecular weight is 736 g/mol. The molecule has 3 unspecified atom stereocenters. The van der Waals surface area contributed by atoms with Crippen LogP contribution in [0, 0.1) is 15.5 Å². The van der Waals surface area contributed by atoms with Crippen LogP contribution in [0.1, 0.15) is 28.2 Å². The topological polar surface area (TPSA) is 168 Å². The third kappa shape index (κ3) is 4.25. The summed E-state index contributed by atoms with van der Waals surface area (Å²) in [5, 5.41) is 20.5. The zero-order chi connectivity index (χ0) is 37.2. The minimum absolute atomic E-state index is 0.0105. The predicted molar refractivity (Wildman–Crippen MR) is 197 cm³/mol. The van der Waals surface area contributed by atoms with Gasteiger partial charge in [-0.25, -0.2) is 14.4 Å². The highest BCUT2D eigenvalue weighted by molar-refractivity contribution is 5.96. The summed E-state index contributed by atoms with van der Waals surface area (Å²) >= 11 is 0. The quantitative estimate of drug-likeness (QED) is 0.0438. The lowest BCUT2D eigenvalue weighted by Gasteiger charge is -2.39. The fraction of sp³-hybridized carbons (Fsp3) is 0.214. The third-order valence-electron chi connectivity index (χ3n) is 12.0. The van der Waals surface area contributed by atoms with Crippen molar-refractivity contribution in [3.05, 3.63) is 146 Å². The van der Waals surface area contributed by atoms with E-state index in [1.165, 1.54) is 6.07 Å². The van der Waals surface area contributed by atoms with Gasteiger partial charge in [0.2, 0.25) is 0 Å². The highest BCUT2D eigenvalue weighted by Crippen LogP contribution is 2.94. The van der Waals surface area contributed by atoms with E-state index in [4.69, 9.17) is 18.6 Å². The van der Waals surface area contributed by atoms with E-state index in [9.17, 15) is 24.5 Å². The molecule has 6 atom stereocenters. The highest BCUT2D eigenvalue weighted by Gasteiger charge is 3.05. The van der Waals surface area contributed by atoms with Crippen LogP contribution in [0.2, 0.25) is 0 Å². The molecule has 2 saturated carbocycles. The number of carbonyl (C=O) groups is 2. The molecule has 272 valence electrons. The van der Waals surface area contributed by atoms with Gasteiger partial charge in [-0.05, 0) is 76.0 Å². The first-order chi connectivity index (χ1) is 26.8. The summed E-state index contributed by atoms with van der Waals surface area (Å²) in [6.07, 6.45) is -0.724. The summed E-state index contributed by atoms with van der Waals surface area (Å²) < 4.78 is 29.5. The normalized spacial score (nSPS) is 26.0. The van der Waals surface area contributed by atoms with Gasteiger partial charge in [0, 0.05) is 30.2 Å². The van der Waals surface area contributed by atoms with Crippen molar-refractivity contribution in [3.63, 3.8) is 0 Å². The molecule has 1 spiro atoms. The molecule has 13 heteroatoms. The molecule has 13 nitrogen and oxygen atoms in total. The molecular formula is C42H29N3O10. The monoisotopic (exact) mass is 735 g/mol. The summed E-state index contributed by atoms with van der Waals surface area (Å²) in [6.45, 7) is 0.486. The van der Waals surface area contributed by atoms with Gasteiger partial charge in [-0.2, -0.15) is 0 Å². The van der Waals surface area contributed by atoms with Gasteiger partial charge in [0.05, 0.1) is 32.7 Å². The maximum atomic E-state index is 14.0. The molecule has 2 aliphatic carbocycles. The SMILES string of the molecule is O=C1N[C@@H](Cc2ccc(OCCOc3ccc4c(c3)[C@@H]3c5c(c6ccccc6oc5=O)OC5C6(c7cccc8ccc([N+](=O)[O-])cc78)C(N4)[C@]536)cc2)C(=O)O1. The fourth-order valence-electron chi connectivity index (χ4n) is 9.74. The fourth-order valence-corrected chi connectivity index (χ4v) is 9.74. The number of cyclic esters (lactones) is 2.